The van der Waals surface area contributed by atoms with E-state index in [4.69, 9.17) is 4.74 Å². The van der Waals surface area contributed by atoms with E-state index < -0.39 is 0 Å². The van der Waals surface area contributed by atoms with Gasteiger partial charge in [0.1, 0.15) is 5.75 Å². The van der Waals surface area contributed by atoms with Crippen LogP contribution >= 0.6 is 0 Å². The quantitative estimate of drug-likeness (QED) is 0.802. The molecule has 1 aliphatic rings. The van der Waals surface area contributed by atoms with E-state index in [0.29, 0.717) is 18.5 Å². The molecule has 0 bridgehead atoms. The highest BCUT2D eigenvalue weighted by molar-refractivity contribution is 5.30. The fourth-order valence-electron chi connectivity index (χ4n) is 2.07. The van der Waals surface area contributed by atoms with Gasteiger partial charge in [0, 0.05) is 5.56 Å². The summed E-state index contributed by atoms with van der Waals surface area (Å²) in [6, 6.07) is 7.39. The zero-order valence-electron chi connectivity index (χ0n) is 11.3. The minimum absolute atomic E-state index is 0.341. The van der Waals surface area contributed by atoms with Crippen LogP contribution in [0.2, 0.25) is 0 Å². The molecule has 2 rings (SSSR count). The van der Waals surface area contributed by atoms with Crippen molar-refractivity contribution in [1.29, 1.82) is 0 Å². The van der Waals surface area contributed by atoms with Crippen LogP contribution in [0.15, 0.2) is 36.9 Å². The maximum Gasteiger partial charge on any atom is 0.121 e. The van der Waals surface area contributed by atoms with Gasteiger partial charge in [0.05, 0.1) is 12.7 Å². The zero-order valence-corrected chi connectivity index (χ0v) is 11.3. The van der Waals surface area contributed by atoms with Gasteiger partial charge >= 0.3 is 0 Å². The number of ether oxygens (including phenoxy) is 1. The summed E-state index contributed by atoms with van der Waals surface area (Å²) in [5.74, 6) is 0.341. The number of benzene rings is 1. The van der Waals surface area contributed by atoms with Crippen molar-refractivity contribution in [2.24, 2.45) is 0 Å². The smallest absolute Gasteiger partial charge is 0.121 e. The predicted octanol–water partition coefficient (Wildman–Crippen LogP) is 4.43. The molecule has 0 aliphatic heterocycles. The second-order valence-electron chi connectivity index (χ2n) is 4.61. The van der Waals surface area contributed by atoms with Gasteiger partial charge in [-0.05, 0) is 25.8 Å². The van der Waals surface area contributed by atoms with Crippen LogP contribution in [-0.2, 0) is 11.3 Å². The predicted molar refractivity (Wildman–Crippen MR) is 75.6 cm³/mol. The lowest BCUT2D eigenvalue weighted by molar-refractivity contribution is 0.0161. The van der Waals surface area contributed by atoms with E-state index in [2.05, 4.69) is 6.58 Å². The molecule has 0 aromatic heterocycles. The fourth-order valence-corrected chi connectivity index (χ4v) is 2.07. The molecule has 0 radical (unpaired) electrons. The number of hydrogen-bond acceptors (Lipinski definition) is 2. The molecule has 1 N–H and O–H groups in total. The largest absolute Gasteiger partial charge is 0.508 e. The monoisotopic (exact) mass is 248 g/mol. The SMILES string of the molecule is C=CC.Oc1ccccc1COC1CCCCC1. The minimum Gasteiger partial charge on any atom is -0.508 e. The molecule has 1 aromatic rings. The van der Waals surface area contributed by atoms with Crippen LogP contribution < -0.4 is 0 Å². The van der Waals surface area contributed by atoms with Crippen LogP contribution in [0, 0.1) is 0 Å². The molecule has 1 saturated carbocycles. The Kier molecular flexibility index (Phi) is 7.19. The van der Waals surface area contributed by atoms with Crippen molar-refractivity contribution < 1.29 is 9.84 Å². The summed E-state index contributed by atoms with van der Waals surface area (Å²) in [7, 11) is 0. The number of phenolic OH excluding ortho intramolecular Hbond substituents is 1. The highest BCUT2D eigenvalue weighted by Gasteiger charge is 2.14. The zero-order chi connectivity index (χ0) is 13.2. The Morgan fingerprint density at radius 1 is 1.28 bits per heavy atom. The first-order chi connectivity index (χ1) is 8.77. The van der Waals surface area contributed by atoms with Gasteiger partial charge in [-0.25, -0.2) is 0 Å². The van der Waals surface area contributed by atoms with E-state index in [-0.39, 0.29) is 0 Å². The molecule has 2 heteroatoms. The maximum atomic E-state index is 9.56. The second kappa shape index (κ2) is 8.76. The Morgan fingerprint density at radius 2 is 1.89 bits per heavy atom. The number of hydrogen-bond donors (Lipinski definition) is 1. The van der Waals surface area contributed by atoms with Crippen molar-refractivity contribution in [2.45, 2.75) is 51.7 Å². The normalized spacial score (nSPS) is 15.6. The minimum atomic E-state index is 0.341. The molecule has 0 heterocycles. The van der Waals surface area contributed by atoms with Gasteiger partial charge in [-0.15, -0.1) is 6.58 Å². The second-order valence-corrected chi connectivity index (χ2v) is 4.61. The molecule has 18 heavy (non-hydrogen) atoms. The highest BCUT2D eigenvalue weighted by Crippen LogP contribution is 2.23. The van der Waals surface area contributed by atoms with Crippen LogP contribution in [0.1, 0.15) is 44.6 Å². The highest BCUT2D eigenvalue weighted by atomic mass is 16.5. The van der Waals surface area contributed by atoms with Crippen LogP contribution in [-0.4, -0.2) is 11.2 Å². The van der Waals surface area contributed by atoms with Gasteiger partial charge in [-0.3, -0.25) is 0 Å². The van der Waals surface area contributed by atoms with E-state index in [1.165, 1.54) is 32.1 Å². The molecule has 100 valence electrons. The first-order valence-electron chi connectivity index (χ1n) is 6.73. The summed E-state index contributed by atoms with van der Waals surface area (Å²) >= 11 is 0. The molecule has 0 spiro atoms. The van der Waals surface area contributed by atoms with Gasteiger partial charge in [-0.2, -0.15) is 0 Å². The molecule has 0 amide bonds. The Hall–Kier alpha value is -1.28. The first kappa shape index (κ1) is 14.8. The standard InChI is InChI=1S/C13H18O2.C3H6/c14-13-9-5-4-6-11(13)10-15-12-7-2-1-3-8-12;1-3-2/h4-6,9,12,14H,1-3,7-8,10H2;3H,1H2,2H3. The molecule has 1 aliphatic carbocycles. The number of phenols is 1. The number of rotatable bonds is 3. The molecule has 0 unspecified atom stereocenters. The molecular formula is C16H24O2. The average molecular weight is 248 g/mol. The summed E-state index contributed by atoms with van der Waals surface area (Å²) in [5, 5.41) is 9.56. The maximum absolute atomic E-state index is 9.56. The molecule has 0 saturated heterocycles. The molecule has 2 nitrogen and oxygen atoms in total. The van der Waals surface area contributed by atoms with E-state index in [9.17, 15) is 5.11 Å². The Bertz CT molecular complexity index is 341. The van der Waals surface area contributed by atoms with Crippen molar-refractivity contribution >= 4 is 0 Å². The summed E-state index contributed by atoms with van der Waals surface area (Å²) in [6.45, 7) is 5.79. The third-order valence-corrected chi connectivity index (χ3v) is 3.02. The van der Waals surface area contributed by atoms with Crippen LogP contribution in [0.3, 0.4) is 0 Å². The van der Waals surface area contributed by atoms with Crippen molar-refractivity contribution in [3.05, 3.63) is 42.5 Å². The van der Waals surface area contributed by atoms with Gasteiger partial charge in [0.25, 0.3) is 0 Å². The molecular weight excluding hydrogens is 224 g/mol. The van der Waals surface area contributed by atoms with Crippen molar-refractivity contribution in [1.82, 2.24) is 0 Å². The van der Waals surface area contributed by atoms with Crippen molar-refractivity contribution in [3.63, 3.8) is 0 Å². The van der Waals surface area contributed by atoms with Gasteiger partial charge < -0.3 is 9.84 Å². The summed E-state index contributed by atoms with van der Waals surface area (Å²) in [6.07, 6.45) is 8.41. The lowest BCUT2D eigenvalue weighted by Crippen LogP contribution is -2.16. The summed E-state index contributed by atoms with van der Waals surface area (Å²) in [5.41, 5.74) is 0.892. The third-order valence-electron chi connectivity index (χ3n) is 3.02. The van der Waals surface area contributed by atoms with Crippen LogP contribution in [0.5, 0.6) is 5.75 Å². The fraction of sp³-hybridized carbons (Fsp3) is 0.500. The molecule has 0 atom stereocenters. The van der Waals surface area contributed by atoms with Crippen molar-refractivity contribution in [3.8, 4) is 5.75 Å². The summed E-state index contributed by atoms with van der Waals surface area (Å²) < 4.78 is 5.79. The van der Waals surface area contributed by atoms with Gasteiger partial charge in [-0.1, -0.05) is 43.5 Å². The van der Waals surface area contributed by atoms with Crippen molar-refractivity contribution in [2.75, 3.05) is 0 Å². The molecule has 1 fully saturated rings. The number of allylic oxidation sites excluding steroid dienone is 1. The van der Waals surface area contributed by atoms with Gasteiger partial charge in [0.2, 0.25) is 0 Å². The van der Waals surface area contributed by atoms with Crippen LogP contribution in [0.4, 0.5) is 0 Å². The Morgan fingerprint density at radius 3 is 2.50 bits per heavy atom. The number of para-hydroxylation sites is 1. The van der Waals surface area contributed by atoms with E-state index in [1.807, 2.05) is 25.1 Å². The average Bonchev–Trinajstić information content (AvgIpc) is 2.40. The van der Waals surface area contributed by atoms with Crippen LogP contribution in [0.25, 0.3) is 0 Å². The van der Waals surface area contributed by atoms with E-state index >= 15 is 0 Å². The summed E-state index contributed by atoms with van der Waals surface area (Å²) in [4.78, 5) is 0. The Labute approximate surface area is 110 Å². The topological polar surface area (TPSA) is 29.5 Å². The first-order valence-corrected chi connectivity index (χ1v) is 6.73. The third kappa shape index (κ3) is 5.37. The van der Waals surface area contributed by atoms with E-state index in [1.54, 1.807) is 12.1 Å². The Balaban J connectivity index is 0.000000492. The van der Waals surface area contributed by atoms with Gasteiger partial charge in [0.15, 0.2) is 0 Å². The van der Waals surface area contributed by atoms with E-state index in [0.717, 1.165) is 5.56 Å². The number of aromatic hydroxyl groups is 1. The lowest BCUT2D eigenvalue weighted by Gasteiger charge is -2.22. The molecule has 1 aromatic carbocycles. The lowest BCUT2D eigenvalue weighted by atomic mass is 9.98.